The Morgan fingerprint density at radius 3 is 2.51 bits per heavy atom. The van der Waals surface area contributed by atoms with Crippen molar-refractivity contribution in [2.75, 3.05) is 32.8 Å². The fourth-order valence-corrected chi connectivity index (χ4v) is 6.07. The predicted octanol–water partition coefficient (Wildman–Crippen LogP) is 5.17. The molecule has 0 atom stereocenters. The van der Waals surface area contributed by atoms with Gasteiger partial charge in [-0.2, -0.15) is 0 Å². The molecule has 1 saturated carbocycles. The number of amides is 2. The lowest BCUT2D eigenvalue weighted by Gasteiger charge is -2.34. The zero-order chi connectivity index (χ0) is 24.0. The first-order valence-corrected chi connectivity index (χ1v) is 13.6. The van der Waals surface area contributed by atoms with Gasteiger partial charge >= 0.3 is 0 Å². The van der Waals surface area contributed by atoms with Gasteiger partial charge in [0.1, 0.15) is 10.8 Å². The van der Waals surface area contributed by atoms with Gasteiger partial charge in [0, 0.05) is 31.7 Å². The van der Waals surface area contributed by atoms with Gasteiger partial charge in [0.15, 0.2) is 0 Å². The summed E-state index contributed by atoms with van der Waals surface area (Å²) in [6.45, 7) is 2.88. The van der Waals surface area contributed by atoms with Crippen molar-refractivity contribution in [1.82, 2.24) is 14.8 Å². The van der Waals surface area contributed by atoms with Crippen LogP contribution in [0.4, 0.5) is 0 Å². The summed E-state index contributed by atoms with van der Waals surface area (Å²) in [5.41, 5.74) is 1.59. The topological polar surface area (TPSA) is 62.7 Å². The van der Waals surface area contributed by atoms with E-state index in [-0.39, 0.29) is 11.8 Å². The van der Waals surface area contributed by atoms with E-state index in [1.807, 2.05) is 58.3 Å². The summed E-state index contributed by atoms with van der Waals surface area (Å²) in [4.78, 5) is 34.2. The van der Waals surface area contributed by atoms with E-state index in [0.29, 0.717) is 44.8 Å². The molecule has 0 N–H and O–H groups in total. The number of carbonyl (C=O) groups excluding carboxylic acids is 2. The van der Waals surface area contributed by atoms with E-state index in [4.69, 9.17) is 4.74 Å². The van der Waals surface area contributed by atoms with Crippen LogP contribution in [-0.4, -0.2) is 59.4 Å². The third kappa shape index (κ3) is 6.01. The molecule has 0 spiro atoms. The van der Waals surface area contributed by atoms with Gasteiger partial charge in [0.2, 0.25) is 5.91 Å². The molecule has 2 aliphatic rings. The van der Waals surface area contributed by atoms with Crippen LogP contribution >= 0.6 is 11.3 Å². The van der Waals surface area contributed by atoms with Crippen LogP contribution in [0.3, 0.4) is 0 Å². The minimum Gasteiger partial charge on any atom is -0.494 e. The van der Waals surface area contributed by atoms with E-state index in [1.54, 1.807) is 11.3 Å². The normalized spacial score (nSPS) is 17.0. The highest BCUT2D eigenvalue weighted by atomic mass is 32.1. The van der Waals surface area contributed by atoms with Crippen LogP contribution in [0.1, 0.15) is 53.9 Å². The molecule has 6 nitrogen and oxygen atoms in total. The number of nitrogens with zero attached hydrogens (tertiary/aromatic N) is 3. The lowest BCUT2D eigenvalue weighted by molar-refractivity contribution is -0.131. The lowest BCUT2D eigenvalue weighted by Crippen LogP contribution is -2.51. The highest BCUT2D eigenvalue weighted by Gasteiger charge is 2.25. The van der Waals surface area contributed by atoms with Crippen LogP contribution in [-0.2, 0) is 11.2 Å². The third-order valence-electron chi connectivity index (χ3n) is 7.16. The fourth-order valence-electron chi connectivity index (χ4n) is 5.12. The van der Waals surface area contributed by atoms with Crippen molar-refractivity contribution < 1.29 is 14.3 Å². The Morgan fingerprint density at radius 2 is 1.71 bits per heavy atom. The fraction of sp³-hybridized carbons (Fsp3) is 0.464. The molecule has 1 saturated heterocycles. The summed E-state index contributed by atoms with van der Waals surface area (Å²) in [7, 11) is 0. The molecule has 2 amide bonds. The Morgan fingerprint density at radius 1 is 0.943 bits per heavy atom. The molecule has 1 aliphatic heterocycles. The zero-order valence-electron chi connectivity index (χ0n) is 20.2. The Labute approximate surface area is 210 Å². The number of hydrogen-bond donors (Lipinski definition) is 0. The summed E-state index contributed by atoms with van der Waals surface area (Å²) in [6.07, 6.45) is 8.09. The summed E-state index contributed by atoms with van der Waals surface area (Å²) >= 11 is 1.57. The van der Waals surface area contributed by atoms with Gasteiger partial charge < -0.3 is 14.5 Å². The third-order valence-corrected chi connectivity index (χ3v) is 8.20. The van der Waals surface area contributed by atoms with Crippen LogP contribution in [0.5, 0.6) is 5.75 Å². The van der Waals surface area contributed by atoms with Crippen LogP contribution in [0.25, 0.3) is 10.2 Å². The maximum Gasteiger partial charge on any atom is 0.254 e. The number of carbonyl (C=O) groups is 2. The average Bonchev–Trinajstić information content (AvgIpc) is 3.31. The average molecular weight is 492 g/mol. The summed E-state index contributed by atoms with van der Waals surface area (Å²) in [6, 6.07) is 15.5. The maximum absolute atomic E-state index is 13.1. The second-order valence-corrected chi connectivity index (χ2v) is 10.7. The largest absolute Gasteiger partial charge is 0.494 e. The Hall–Kier alpha value is -2.93. The number of benzene rings is 2. The Kier molecular flexibility index (Phi) is 7.62. The van der Waals surface area contributed by atoms with Crippen molar-refractivity contribution >= 4 is 33.4 Å². The lowest BCUT2D eigenvalue weighted by atomic mass is 9.87. The second kappa shape index (κ2) is 11.2. The maximum atomic E-state index is 13.1. The van der Waals surface area contributed by atoms with E-state index < -0.39 is 0 Å². The first kappa shape index (κ1) is 23.8. The first-order chi connectivity index (χ1) is 17.2. The molecule has 5 rings (SSSR count). The number of ether oxygens (including phenoxy) is 1. The molecule has 1 aromatic heterocycles. The molecule has 2 heterocycles. The predicted molar refractivity (Wildman–Crippen MR) is 139 cm³/mol. The molecule has 35 heavy (non-hydrogen) atoms. The summed E-state index contributed by atoms with van der Waals surface area (Å²) < 4.78 is 7.09. The van der Waals surface area contributed by atoms with Gasteiger partial charge in [-0.3, -0.25) is 9.59 Å². The highest BCUT2D eigenvalue weighted by molar-refractivity contribution is 7.18. The number of thiazole rings is 1. The van der Waals surface area contributed by atoms with Crippen molar-refractivity contribution in [2.24, 2.45) is 5.92 Å². The van der Waals surface area contributed by atoms with Crippen LogP contribution in [0.15, 0.2) is 48.5 Å². The molecule has 0 unspecified atom stereocenters. The van der Waals surface area contributed by atoms with E-state index in [9.17, 15) is 9.59 Å². The Bertz CT molecular complexity index is 1130. The molecule has 184 valence electrons. The van der Waals surface area contributed by atoms with Gasteiger partial charge in [-0.15, -0.1) is 11.3 Å². The number of para-hydroxylation sites is 1. The first-order valence-electron chi connectivity index (χ1n) is 12.8. The van der Waals surface area contributed by atoms with E-state index in [1.165, 1.54) is 32.1 Å². The number of rotatable bonds is 7. The SMILES string of the molecule is O=C(Cc1nc2ccccc2s1)N1CCN(C(=O)c2cccc(OCCC3CCCCC3)c2)CC1. The molecule has 3 aromatic rings. The van der Waals surface area contributed by atoms with E-state index >= 15 is 0 Å². The molecule has 7 heteroatoms. The monoisotopic (exact) mass is 491 g/mol. The number of fused-ring (bicyclic) bond motifs is 1. The molecule has 0 bridgehead atoms. The van der Waals surface area contributed by atoms with E-state index in [2.05, 4.69) is 4.98 Å². The van der Waals surface area contributed by atoms with E-state index in [0.717, 1.165) is 33.3 Å². The quantitative estimate of drug-likeness (QED) is 0.457. The minimum absolute atomic E-state index is 0.000928. The van der Waals surface area contributed by atoms with Gasteiger partial charge in [-0.05, 0) is 42.7 Å². The molecular formula is C28H33N3O3S. The van der Waals surface area contributed by atoms with Gasteiger partial charge in [0.05, 0.1) is 23.2 Å². The van der Waals surface area contributed by atoms with Crippen molar-refractivity contribution in [3.8, 4) is 5.75 Å². The number of aromatic nitrogens is 1. The van der Waals surface area contributed by atoms with Crippen molar-refractivity contribution in [3.05, 3.63) is 59.1 Å². The van der Waals surface area contributed by atoms with Gasteiger partial charge in [0.25, 0.3) is 5.91 Å². The standard InChI is InChI=1S/C28H33N3O3S/c32-27(20-26-29-24-11-4-5-12-25(24)35-26)30-14-16-31(17-15-30)28(33)22-9-6-10-23(19-22)34-18-13-21-7-2-1-3-8-21/h4-6,9-12,19,21H,1-3,7-8,13-18,20H2. The molecule has 2 aromatic carbocycles. The minimum atomic E-state index is 0.000928. The molecule has 2 fully saturated rings. The second-order valence-electron chi connectivity index (χ2n) is 9.59. The number of hydrogen-bond acceptors (Lipinski definition) is 5. The van der Waals surface area contributed by atoms with Crippen molar-refractivity contribution in [2.45, 2.75) is 44.9 Å². The molecular weight excluding hydrogens is 458 g/mol. The highest BCUT2D eigenvalue weighted by Crippen LogP contribution is 2.27. The van der Waals surface area contributed by atoms with Gasteiger partial charge in [-0.1, -0.05) is 50.3 Å². The van der Waals surface area contributed by atoms with Gasteiger partial charge in [-0.25, -0.2) is 4.98 Å². The zero-order valence-corrected chi connectivity index (χ0v) is 21.0. The summed E-state index contributed by atoms with van der Waals surface area (Å²) in [5.74, 6) is 1.61. The van der Waals surface area contributed by atoms with Crippen LogP contribution in [0.2, 0.25) is 0 Å². The smallest absolute Gasteiger partial charge is 0.254 e. The molecule has 0 radical (unpaired) electrons. The number of piperazine rings is 1. The molecule has 1 aliphatic carbocycles. The van der Waals surface area contributed by atoms with Crippen LogP contribution in [0, 0.1) is 5.92 Å². The van der Waals surface area contributed by atoms with Crippen molar-refractivity contribution in [3.63, 3.8) is 0 Å². The Balaban J connectivity index is 1.10. The van der Waals surface area contributed by atoms with Crippen LogP contribution < -0.4 is 4.74 Å². The van der Waals surface area contributed by atoms with Crippen molar-refractivity contribution in [1.29, 1.82) is 0 Å². The summed E-state index contributed by atoms with van der Waals surface area (Å²) in [5, 5.41) is 0.843.